The molecule has 3 heteroatoms. The van der Waals surface area contributed by atoms with Crippen molar-refractivity contribution in [3.63, 3.8) is 0 Å². The zero-order valence-electron chi connectivity index (χ0n) is 12.0. The van der Waals surface area contributed by atoms with E-state index in [1.54, 1.807) is 0 Å². The normalized spacial score (nSPS) is 19.5. The molecular weight excluding hydrogens is 256 g/mol. The molecule has 1 N–H and O–H groups in total. The number of benzene rings is 1. The Morgan fingerprint density at radius 1 is 1.26 bits per heavy atom. The Hall–Kier alpha value is -0.570. The van der Waals surface area contributed by atoms with Crippen LogP contribution in [0.4, 0.5) is 0 Å². The Balaban J connectivity index is 1.69. The summed E-state index contributed by atoms with van der Waals surface area (Å²) in [6, 6.07) is 8.72. The Morgan fingerprint density at radius 2 is 1.89 bits per heavy atom. The largest absolute Gasteiger partial charge is 0.314 e. The molecule has 0 saturated carbocycles. The summed E-state index contributed by atoms with van der Waals surface area (Å²) in [4.78, 5) is 2.42. The molecule has 1 aliphatic rings. The summed E-state index contributed by atoms with van der Waals surface area (Å²) in [5.41, 5.74) is 1.35. The van der Waals surface area contributed by atoms with E-state index in [1.165, 1.54) is 31.5 Å². The molecule has 1 saturated heterocycles. The fraction of sp³-hybridized carbons (Fsp3) is 0.625. The van der Waals surface area contributed by atoms with E-state index in [2.05, 4.69) is 36.3 Å². The molecular formula is C16H25ClN2. The van der Waals surface area contributed by atoms with E-state index in [-0.39, 0.29) is 0 Å². The van der Waals surface area contributed by atoms with Crippen LogP contribution in [-0.4, -0.2) is 37.6 Å². The van der Waals surface area contributed by atoms with Gasteiger partial charge < -0.3 is 10.2 Å². The van der Waals surface area contributed by atoms with E-state index in [9.17, 15) is 0 Å². The molecule has 1 aromatic carbocycles. The van der Waals surface area contributed by atoms with Gasteiger partial charge in [-0.05, 0) is 76.5 Å². The van der Waals surface area contributed by atoms with Crippen LogP contribution < -0.4 is 5.32 Å². The highest BCUT2D eigenvalue weighted by molar-refractivity contribution is 6.30. The van der Waals surface area contributed by atoms with Gasteiger partial charge in [-0.25, -0.2) is 0 Å². The minimum absolute atomic E-state index is 0.529. The smallest absolute Gasteiger partial charge is 0.0406 e. The average molecular weight is 281 g/mol. The van der Waals surface area contributed by atoms with Gasteiger partial charge in [0.15, 0.2) is 0 Å². The van der Waals surface area contributed by atoms with Crippen molar-refractivity contribution in [2.24, 2.45) is 5.92 Å². The summed E-state index contributed by atoms with van der Waals surface area (Å²) in [6.07, 6.45) is 3.73. The van der Waals surface area contributed by atoms with Crippen LogP contribution >= 0.6 is 11.6 Å². The van der Waals surface area contributed by atoms with Crippen LogP contribution in [0.3, 0.4) is 0 Å². The van der Waals surface area contributed by atoms with E-state index < -0.39 is 0 Å². The zero-order chi connectivity index (χ0) is 13.7. The highest BCUT2D eigenvalue weighted by atomic mass is 35.5. The lowest BCUT2D eigenvalue weighted by Crippen LogP contribution is -2.38. The summed E-state index contributed by atoms with van der Waals surface area (Å²) < 4.78 is 0. The highest BCUT2D eigenvalue weighted by Crippen LogP contribution is 2.15. The average Bonchev–Trinajstić information content (AvgIpc) is 2.41. The second-order valence-corrected chi connectivity index (χ2v) is 6.32. The van der Waals surface area contributed by atoms with Crippen molar-refractivity contribution in [3.05, 3.63) is 34.9 Å². The second kappa shape index (κ2) is 7.28. The minimum atomic E-state index is 0.529. The molecule has 1 aromatic rings. The maximum atomic E-state index is 5.90. The monoisotopic (exact) mass is 280 g/mol. The van der Waals surface area contributed by atoms with Gasteiger partial charge in [0, 0.05) is 11.1 Å². The number of likely N-dealkylation sites (tertiary alicyclic amines) is 1. The molecule has 0 aromatic heterocycles. The lowest BCUT2D eigenvalue weighted by molar-refractivity contribution is 0.213. The van der Waals surface area contributed by atoms with Crippen molar-refractivity contribution in [3.8, 4) is 0 Å². The molecule has 0 radical (unpaired) electrons. The summed E-state index contributed by atoms with van der Waals surface area (Å²) in [6.45, 7) is 5.92. The van der Waals surface area contributed by atoms with Crippen LogP contribution in [0, 0.1) is 5.92 Å². The van der Waals surface area contributed by atoms with Crippen molar-refractivity contribution in [1.82, 2.24) is 10.2 Å². The molecule has 1 heterocycles. The van der Waals surface area contributed by atoms with Crippen molar-refractivity contribution in [1.29, 1.82) is 0 Å². The maximum Gasteiger partial charge on any atom is 0.0406 e. The first-order chi connectivity index (χ1) is 9.13. The summed E-state index contributed by atoms with van der Waals surface area (Å²) in [5.74, 6) is 0.851. The van der Waals surface area contributed by atoms with Crippen molar-refractivity contribution in [2.75, 3.05) is 26.7 Å². The Morgan fingerprint density at radius 3 is 2.53 bits per heavy atom. The van der Waals surface area contributed by atoms with Gasteiger partial charge in [-0.3, -0.25) is 0 Å². The molecule has 2 rings (SSSR count). The molecule has 1 fully saturated rings. The zero-order valence-corrected chi connectivity index (χ0v) is 12.8. The Labute approximate surface area is 122 Å². The molecule has 1 aliphatic heterocycles. The molecule has 106 valence electrons. The van der Waals surface area contributed by atoms with Gasteiger partial charge >= 0.3 is 0 Å². The maximum absolute atomic E-state index is 5.90. The molecule has 0 aliphatic carbocycles. The Bertz CT molecular complexity index is 369. The van der Waals surface area contributed by atoms with E-state index in [1.807, 2.05) is 12.1 Å². The number of halogens is 1. The highest BCUT2D eigenvalue weighted by Gasteiger charge is 2.16. The van der Waals surface area contributed by atoms with Crippen LogP contribution in [0.1, 0.15) is 25.3 Å². The van der Waals surface area contributed by atoms with Gasteiger partial charge in [-0.1, -0.05) is 23.7 Å². The first-order valence-electron chi connectivity index (χ1n) is 7.30. The van der Waals surface area contributed by atoms with Gasteiger partial charge in [0.05, 0.1) is 0 Å². The second-order valence-electron chi connectivity index (χ2n) is 5.89. The van der Waals surface area contributed by atoms with Gasteiger partial charge in [-0.15, -0.1) is 0 Å². The van der Waals surface area contributed by atoms with Crippen LogP contribution in [0.2, 0.25) is 5.02 Å². The molecule has 19 heavy (non-hydrogen) atoms. The quantitative estimate of drug-likeness (QED) is 0.891. The minimum Gasteiger partial charge on any atom is -0.314 e. The molecule has 0 bridgehead atoms. The molecule has 1 atom stereocenters. The van der Waals surface area contributed by atoms with E-state index in [4.69, 9.17) is 11.6 Å². The summed E-state index contributed by atoms with van der Waals surface area (Å²) >= 11 is 5.90. The predicted molar refractivity (Wildman–Crippen MR) is 82.8 cm³/mol. The molecule has 1 unspecified atom stereocenters. The number of piperidine rings is 1. The van der Waals surface area contributed by atoms with Crippen molar-refractivity contribution >= 4 is 11.6 Å². The van der Waals surface area contributed by atoms with Crippen molar-refractivity contribution in [2.45, 2.75) is 32.2 Å². The standard InChI is InChI=1S/C16H25ClN2/c1-13(11-14-3-5-16(17)6-4-14)18-12-15-7-9-19(2)10-8-15/h3-6,13,15,18H,7-12H2,1-2H3. The van der Waals surface area contributed by atoms with Gasteiger partial charge in [0.1, 0.15) is 0 Å². The van der Waals surface area contributed by atoms with Gasteiger partial charge in [0.25, 0.3) is 0 Å². The fourth-order valence-electron chi connectivity index (χ4n) is 2.68. The van der Waals surface area contributed by atoms with E-state index >= 15 is 0 Å². The predicted octanol–water partition coefficient (Wildman–Crippen LogP) is 3.20. The number of hydrogen-bond acceptors (Lipinski definition) is 2. The third kappa shape index (κ3) is 5.13. The lowest BCUT2D eigenvalue weighted by Gasteiger charge is -2.30. The van der Waals surface area contributed by atoms with Crippen molar-refractivity contribution < 1.29 is 0 Å². The fourth-order valence-corrected chi connectivity index (χ4v) is 2.81. The van der Waals surface area contributed by atoms with Gasteiger partial charge in [0.2, 0.25) is 0 Å². The number of hydrogen-bond donors (Lipinski definition) is 1. The molecule has 2 nitrogen and oxygen atoms in total. The SMILES string of the molecule is CC(Cc1ccc(Cl)cc1)NCC1CCN(C)CC1. The lowest BCUT2D eigenvalue weighted by atomic mass is 9.96. The van der Waals surface area contributed by atoms with Crippen LogP contribution in [0.15, 0.2) is 24.3 Å². The van der Waals surface area contributed by atoms with E-state index in [0.717, 1.165) is 23.9 Å². The van der Waals surface area contributed by atoms with Gasteiger partial charge in [-0.2, -0.15) is 0 Å². The van der Waals surface area contributed by atoms with Crippen LogP contribution in [0.25, 0.3) is 0 Å². The van der Waals surface area contributed by atoms with E-state index in [0.29, 0.717) is 6.04 Å². The first-order valence-corrected chi connectivity index (χ1v) is 7.67. The van der Waals surface area contributed by atoms with Crippen LogP contribution in [-0.2, 0) is 6.42 Å². The Kier molecular flexibility index (Phi) is 5.68. The third-order valence-corrected chi connectivity index (χ3v) is 4.30. The number of rotatable bonds is 5. The number of nitrogens with zero attached hydrogens (tertiary/aromatic N) is 1. The summed E-state index contributed by atoms with van der Waals surface area (Å²) in [5, 5.41) is 4.49. The molecule has 0 amide bonds. The number of nitrogens with one attached hydrogen (secondary N) is 1. The van der Waals surface area contributed by atoms with Crippen LogP contribution in [0.5, 0.6) is 0 Å². The third-order valence-electron chi connectivity index (χ3n) is 4.05. The molecule has 0 spiro atoms. The topological polar surface area (TPSA) is 15.3 Å². The first kappa shape index (κ1) is 14.8. The summed E-state index contributed by atoms with van der Waals surface area (Å²) in [7, 11) is 2.22.